The summed E-state index contributed by atoms with van der Waals surface area (Å²) in [7, 11) is -1.54. The molecular weight excluding hydrogens is 284 g/mol. The predicted molar refractivity (Wildman–Crippen MR) is 87.2 cm³/mol. The van der Waals surface area contributed by atoms with Crippen molar-refractivity contribution in [1.29, 1.82) is 0 Å². The molecule has 0 spiro atoms. The van der Waals surface area contributed by atoms with E-state index in [1.54, 1.807) is 4.31 Å². The molecule has 118 valence electrons. The van der Waals surface area contributed by atoms with Gasteiger partial charge in [-0.05, 0) is 55.4 Å². The summed E-state index contributed by atoms with van der Waals surface area (Å²) in [5.74, 6) is 0.996. The van der Waals surface area contributed by atoms with E-state index in [-0.39, 0.29) is 0 Å². The van der Waals surface area contributed by atoms with Crippen LogP contribution in [0.3, 0.4) is 0 Å². The highest BCUT2D eigenvalue weighted by Crippen LogP contribution is 2.32. The van der Waals surface area contributed by atoms with E-state index >= 15 is 0 Å². The van der Waals surface area contributed by atoms with Crippen LogP contribution in [0.2, 0.25) is 0 Å². The van der Waals surface area contributed by atoms with E-state index in [1.807, 2.05) is 33.0 Å². The van der Waals surface area contributed by atoms with Crippen molar-refractivity contribution in [3.8, 4) is 0 Å². The number of aryl methyl sites for hydroxylation is 2. The van der Waals surface area contributed by atoms with Gasteiger partial charge in [-0.2, -0.15) is 4.31 Å². The Labute approximate surface area is 128 Å². The van der Waals surface area contributed by atoms with Gasteiger partial charge in [-0.1, -0.05) is 13.8 Å². The first-order chi connectivity index (χ1) is 9.77. The van der Waals surface area contributed by atoms with Crippen molar-refractivity contribution in [3.05, 3.63) is 23.3 Å². The SMILES string of the molecule is CNc1cc(C)c(S(=O)(=O)N2CCC(C(C)C)C2)c(C)c1. The van der Waals surface area contributed by atoms with Gasteiger partial charge in [0.25, 0.3) is 0 Å². The van der Waals surface area contributed by atoms with Crippen molar-refractivity contribution in [2.75, 3.05) is 25.5 Å². The zero-order valence-electron chi connectivity index (χ0n) is 13.6. The molecule has 2 rings (SSSR count). The van der Waals surface area contributed by atoms with Crippen LogP contribution >= 0.6 is 0 Å². The van der Waals surface area contributed by atoms with Crippen LogP contribution in [0, 0.1) is 25.7 Å². The van der Waals surface area contributed by atoms with Gasteiger partial charge < -0.3 is 5.32 Å². The van der Waals surface area contributed by atoms with Crippen LogP contribution < -0.4 is 5.32 Å². The van der Waals surface area contributed by atoms with Gasteiger partial charge in [0.1, 0.15) is 0 Å². The molecule has 0 aromatic heterocycles. The molecule has 1 aromatic carbocycles. The number of nitrogens with zero attached hydrogens (tertiary/aromatic N) is 1. The molecule has 0 radical (unpaired) electrons. The fraction of sp³-hybridized carbons (Fsp3) is 0.625. The van der Waals surface area contributed by atoms with Crippen molar-refractivity contribution < 1.29 is 8.42 Å². The monoisotopic (exact) mass is 310 g/mol. The van der Waals surface area contributed by atoms with Crippen LogP contribution in [0.5, 0.6) is 0 Å². The third-order valence-electron chi connectivity index (χ3n) is 4.48. The maximum atomic E-state index is 12.9. The molecule has 1 saturated heterocycles. The molecule has 5 heteroatoms. The second-order valence-electron chi connectivity index (χ2n) is 6.34. The Bertz CT molecular complexity index is 600. The maximum absolute atomic E-state index is 12.9. The molecule has 1 heterocycles. The molecule has 1 fully saturated rings. The minimum Gasteiger partial charge on any atom is -0.388 e. The van der Waals surface area contributed by atoms with Crippen LogP contribution in [-0.2, 0) is 10.0 Å². The molecule has 0 saturated carbocycles. The molecule has 1 atom stereocenters. The molecule has 4 nitrogen and oxygen atoms in total. The summed E-state index contributed by atoms with van der Waals surface area (Å²) in [5, 5.41) is 3.07. The zero-order chi connectivity index (χ0) is 15.8. The lowest BCUT2D eigenvalue weighted by Gasteiger charge is -2.21. The van der Waals surface area contributed by atoms with Gasteiger partial charge in [-0.15, -0.1) is 0 Å². The Morgan fingerprint density at radius 1 is 1.24 bits per heavy atom. The van der Waals surface area contributed by atoms with Crippen molar-refractivity contribution in [2.45, 2.75) is 39.0 Å². The van der Waals surface area contributed by atoms with Gasteiger partial charge >= 0.3 is 0 Å². The molecule has 1 aliphatic heterocycles. The van der Waals surface area contributed by atoms with E-state index in [2.05, 4.69) is 19.2 Å². The topological polar surface area (TPSA) is 49.4 Å². The Morgan fingerprint density at radius 3 is 2.24 bits per heavy atom. The van der Waals surface area contributed by atoms with E-state index in [0.717, 1.165) is 23.2 Å². The van der Waals surface area contributed by atoms with Crippen molar-refractivity contribution >= 4 is 15.7 Å². The third kappa shape index (κ3) is 3.09. The number of benzene rings is 1. The average Bonchev–Trinajstić information content (AvgIpc) is 2.87. The molecule has 0 bridgehead atoms. The molecule has 1 unspecified atom stereocenters. The largest absolute Gasteiger partial charge is 0.388 e. The number of hydrogen-bond acceptors (Lipinski definition) is 3. The van der Waals surface area contributed by atoms with E-state index < -0.39 is 10.0 Å². The molecule has 21 heavy (non-hydrogen) atoms. The summed E-state index contributed by atoms with van der Waals surface area (Å²) in [5.41, 5.74) is 2.57. The lowest BCUT2D eigenvalue weighted by molar-refractivity contribution is 0.388. The van der Waals surface area contributed by atoms with Gasteiger partial charge in [0, 0.05) is 25.8 Å². The van der Waals surface area contributed by atoms with Crippen molar-refractivity contribution in [2.24, 2.45) is 11.8 Å². The van der Waals surface area contributed by atoms with Crippen LogP contribution in [0.25, 0.3) is 0 Å². The van der Waals surface area contributed by atoms with Crippen molar-refractivity contribution in [1.82, 2.24) is 4.31 Å². The Hall–Kier alpha value is -1.07. The summed E-state index contributed by atoms with van der Waals surface area (Å²) in [6.07, 6.45) is 0.962. The molecular formula is C16H26N2O2S. The lowest BCUT2D eigenvalue weighted by Crippen LogP contribution is -2.30. The average molecular weight is 310 g/mol. The smallest absolute Gasteiger partial charge is 0.243 e. The minimum atomic E-state index is -3.39. The second-order valence-corrected chi connectivity index (χ2v) is 8.22. The van der Waals surface area contributed by atoms with Gasteiger partial charge in [-0.25, -0.2) is 8.42 Å². The molecule has 1 aliphatic rings. The predicted octanol–water partition coefficient (Wildman–Crippen LogP) is 3.01. The van der Waals surface area contributed by atoms with E-state index in [0.29, 0.717) is 29.8 Å². The van der Waals surface area contributed by atoms with Crippen LogP contribution in [-0.4, -0.2) is 32.9 Å². The standard InChI is InChI=1S/C16H26N2O2S/c1-11(2)14-6-7-18(10-14)21(19,20)16-12(3)8-15(17-5)9-13(16)4/h8-9,11,14,17H,6-7,10H2,1-5H3. The van der Waals surface area contributed by atoms with Crippen LogP contribution in [0.1, 0.15) is 31.4 Å². The van der Waals surface area contributed by atoms with Gasteiger partial charge in [-0.3, -0.25) is 0 Å². The van der Waals surface area contributed by atoms with Gasteiger partial charge in [0.2, 0.25) is 10.0 Å². The highest BCUT2D eigenvalue weighted by atomic mass is 32.2. The maximum Gasteiger partial charge on any atom is 0.243 e. The molecule has 0 aliphatic carbocycles. The Balaban J connectivity index is 2.37. The normalized spacial score (nSPS) is 20.2. The first-order valence-electron chi connectivity index (χ1n) is 7.56. The summed E-state index contributed by atoms with van der Waals surface area (Å²) in [6, 6.07) is 3.80. The highest BCUT2D eigenvalue weighted by Gasteiger charge is 2.35. The van der Waals surface area contributed by atoms with Gasteiger partial charge in [0.15, 0.2) is 0 Å². The van der Waals surface area contributed by atoms with E-state index in [1.165, 1.54) is 0 Å². The Kier molecular flexibility index (Phi) is 4.63. The number of rotatable bonds is 4. The number of sulfonamides is 1. The summed E-state index contributed by atoms with van der Waals surface area (Å²) >= 11 is 0. The first kappa shape index (κ1) is 16.3. The van der Waals surface area contributed by atoms with Gasteiger partial charge in [0.05, 0.1) is 4.90 Å². The van der Waals surface area contributed by atoms with Crippen molar-refractivity contribution in [3.63, 3.8) is 0 Å². The third-order valence-corrected chi connectivity index (χ3v) is 6.65. The Morgan fingerprint density at radius 2 is 1.81 bits per heavy atom. The second kappa shape index (κ2) is 5.97. The van der Waals surface area contributed by atoms with Crippen LogP contribution in [0.15, 0.2) is 17.0 Å². The first-order valence-corrected chi connectivity index (χ1v) is 9.00. The molecule has 1 aromatic rings. The minimum absolute atomic E-state index is 0.469. The molecule has 0 amide bonds. The number of nitrogens with one attached hydrogen (secondary N) is 1. The summed E-state index contributed by atoms with van der Waals surface area (Å²) < 4.78 is 27.6. The van der Waals surface area contributed by atoms with E-state index in [9.17, 15) is 8.42 Å². The van der Waals surface area contributed by atoms with Crippen LogP contribution in [0.4, 0.5) is 5.69 Å². The van der Waals surface area contributed by atoms with E-state index in [4.69, 9.17) is 0 Å². The number of hydrogen-bond donors (Lipinski definition) is 1. The summed E-state index contributed by atoms with van der Waals surface area (Å²) in [6.45, 7) is 9.36. The quantitative estimate of drug-likeness (QED) is 0.930. The number of anilines is 1. The summed E-state index contributed by atoms with van der Waals surface area (Å²) in [4.78, 5) is 0.478. The fourth-order valence-corrected chi connectivity index (χ4v) is 5.07. The molecule has 1 N–H and O–H groups in total. The fourth-order valence-electron chi connectivity index (χ4n) is 3.15. The lowest BCUT2D eigenvalue weighted by atomic mass is 9.96. The zero-order valence-corrected chi connectivity index (χ0v) is 14.4. The highest BCUT2D eigenvalue weighted by molar-refractivity contribution is 7.89.